The number of allylic oxidation sites excluding steroid dienone is 2. The molecule has 2 rings (SSSR count). The second-order valence-electron chi connectivity index (χ2n) is 5.79. The lowest BCUT2D eigenvalue weighted by Crippen LogP contribution is -2.02. The van der Waals surface area contributed by atoms with E-state index in [2.05, 4.69) is 0 Å². The molecule has 0 atom stereocenters. The van der Waals surface area contributed by atoms with Crippen LogP contribution in [0.25, 0.3) is 12.2 Å². The van der Waals surface area contributed by atoms with Crippen molar-refractivity contribution in [2.45, 2.75) is 6.42 Å². The SMILES string of the molecule is COc1ccc(C=CC(=O)CC(=O)C=Cc2cccc(OC)c2OC)cc1O. The highest BCUT2D eigenvalue weighted by molar-refractivity contribution is 6.11. The minimum Gasteiger partial charge on any atom is -0.504 e. The van der Waals surface area contributed by atoms with Crippen LogP contribution in [0.4, 0.5) is 0 Å². The van der Waals surface area contributed by atoms with Gasteiger partial charge in [-0.3, -0.25) is 9.59 Å². The van der Waals surface area contributed by atoms with E-state index in [-0.39, 0.29) is 23.7 Å². The van der Waals surface area contributed by atoms with E-state index in [1.807, 2.05) is 0 Å². The zero-order chi connectivity index (χ0) is 20.5. The summed E-state index contributed by atoms with van der Waals surface area (Å²) in [5.41, 5.74) is 1.29. The Kier molecular flexibility index (Phi) is 7.39. The molecule has 0 spiro atoms. The van der Waals surface area contributed by atoms with E-state index in [1.165, 1.54) is 45.6 Å². The van der Waals surface area contributed by atoms with Crippen LogP contribution in [0.3, 0.4) is 0 Å². The number of ketones is 2. The van der Waals surface area contributed by atoms with Gasteiger partial charge in [-0.25, -0.2) is 0 Å². The molecule has 0 bridgehead atoms. The molecule has 0 aliphatic rings. The first kappa shape index (κ1) is 20.8. The lowest BCUT2D eigenvalue weighted by molar-refractivity contribution is -0.121. The summed E-state index contributed by atoms with van der Waals surface area (Å²) in [4.78, 5) is 24.1. The minimum absolute atomic E-state index is 0.0247. The lowest BCUT2D eigenvalue weighted by Gasteiger charge is -2.09. The fraction of sp³-hybridized carbons (Fsp3) is 0.182. The van der Waals surface area contributed by atoms with Gasteiger partial charge in [0.05, 0.1) is 27.8 Å². The third kappa shape index (κ3) is 5.48. The highest BCUT2D eigenvalue weighted by atomic mass is 16.5. The molecule has 0 aromatic heterocycles. The Hall–Kier alpha value is -3.54. The van der Waals surface area contributed by atoms with Crippen LogP contribution < -0.4 is 14.2 Å². The molecule has 0 fully saturated rings. The average Bonchev–Trinajstić information content (AvgIpc) is 2.70. The van der Waals surface area contributed by atoms with Crippen LogP contribution in [0.1, 0.15) is 17.5 Å². The molecule has 0 amide bonds. The zero-order valence-corrected chi connectivity index (χ0v) is 16.0. The number of para-hydroxylation sites is 1. The summed E-state index contributed by atoms with van der Waals surface area (Å²) in [6, 6.07) is 10.1. The topological polar surface area (TPSA) is 82.1 Å². The lowest BCUT2D eigenvalue weighted by atomic mass is 10.1. The summed E-state index contributed by atoms with van der Waals surface area (Å²) in [7, 11) is 4.50. The van der Waals surface area contributed by atoms with Crippen molar-refractivity contribution in [2.75, 3.05) is 21.3 Å². The van der Waals surface area contributed by atoms with Gasteiger partial charge in [-0.1, -0.05) is 24.3 Å². The highest BCUT2D eigenvalue weighted by Gasteiger charge is 2.08. The first-order chi connectivity index (χ1) is 13.5. The van der Waals surface area contributed by atoms with E-state index in [4.69, 9.17) is 14.2 Å². The third-order valence-electron chi connectivity index (χ3n) is 3.90. The number of carbonyl (C=O) groups excluding carboxylic acids is 2. The predicted molar refractivity (Wildman–Crippen MR) is 107 cm³/mol. The molecule has 0 aliphatic heterocycles. The number of hydrogen-bond acceptors (Lipinski definition) is 6. The van der Waals surface area contributed by atoms with Crippen LogP contribution in [0.2, 0.25) is 0 Å². The maximum absolute atomic E-state index is 12.1. The summed E-state index contributed by atoms with van der Waals surface area (Å²) in [5, 5.41) is 9.73. The molecular weight excluding hydrogens is 360 g/mol. The highest BCUT2D eigenvalue weighted by Crippen LogP contribution is 2.31. The third-order valence-corrected chi connectivity index (χ3v) is 3.90. The Morgan fingerprint density at radius 2 is 1.57 bits per heavy atom. The summed E-state index contributed by atoms with van der Waals surface area (Å²) in [6.07, 6.45) is 5.49. The van der Waals surface area contributed by atoms with Gasteiger partial charge in [-0.2, -0.15) is 0 Å². The van der Waals surface area contributed by atoms with Crippen molar-refractivity contribution in [3.05, 3.63) is 59.7 Å². The molecule has 146 valence electrons. The second kappa shape index (κ2) is 9.97. The monoisotopic (exact) mass is 382 g/mol. The molecule has 6 nitrogen and oxygen atoms in total. The van der Waals surface area contributed by atoms with Crippen molar-refractivity contribution in [3.8, 4) is 23.0 Å². The van der Waals surface area contributed by atoms with E-state index in [1.54, 1.807) is 36.4 Å². The maximum Gasteiger partial charge on any atom is 0.167 e. The van der Waals surface area contributed by atoms with Gasteiger partial charge in [0.25, 0.3) is 0 Å². The number of methoxy groups -OCH3 is 3. The summed E-state index contributed by atoms with van der Waals surface area (Å²) in [5.74, 6) is 0.707. The van der Waals surface area contributed by atoms with Crippen molar-refractivity contribution in [1.29, 1.82) is 0 Å². The maximum atomic E-state index is 12.1. The van der Waals surface area contributed by atoms with Gasteiger partial charge in [0.1, 0.15) is 0 Å². The number of carbonyl (C=O) groups is 2. The van der Waals surface area contributed by atoms with Gasteiger partial charge in [0, 0.05) is 5.56 Å². The first-order valence-corrected chi connectivity index (χ1v) is 8.48. The molecule has 0 heterocycles. The van der Waals surface area contributed by atoms with Gasteiger partial charge in [-0.05, 0) is 42.0 Å². The normalized spacial score (nSPS) is 11.0. The van der Waals surface area contributed by atoms with E-state index in [9.17, 15) is 14.7 Å². The average molecular weight is 382 g/mol. The number of ether oxygens (including phenoxy) is 3. The smallest absolute Gasteiger partial charge is 0.167 e. The number of rotatable bonds is 9. The molecule has 0 aliphatic carbocycles. The fourth-order valence-corrected chi connectivity index (χ4v) is 2.52. The Morgan fingerprint density at radius 3 is 2.18 bits per heavy atom. The predicted octanol–water partition coefficient (Wildman–Crippen LogP) is 3.67. The number of hydrogen-bond donors (Lipinski definition) is 1. The van der Waals surface area contributed by atoms with E-state index >= 15 is 0 Å². The number of benzene rings is 2. The Balaban J connectivity index is 2.00. The van der Waals surface area contributed by atoms with E-state index in [0.29, 0.717) is 28.4 Å². The van der Waals surface area contributed by atoms with Crippen LogP contribution in [0.5, 0.6) is 23.0 Å². The van der Waals surface area contributed by atoms with Gasteiger partial charge < -0.3 is 19.3 Å². The van der Waals surface area contributed by atoms with Crippen molar-refractivity contribution >= 4 is 23.7 Å². The van der Waals surface area contributed by atoms with Crippen molar-refractivity contribution in [1.82, 2.24) is 0 Å². The standard InChI is InChI=1S/C22H22O6/c1-26-20-12-8-15(13-19(20)25)7-10-17(23)14-18(24)11-9-16-5-4-6-21(27-2)22(16)28-3/h4-13,25H,14H2,1-3H3. The number of phenolic OH excluding ortho intramolecular Hbond substituents is 1. The van der Waals surface area contributed by atoms with E-state index < -0.39 is 0 Å². The molecule has 0 radical (unpaired) electrons. The number of aromatic hydroxyl groups is 1. The van der Waals surface area contributed by atoms with Crippen LogP contribution >= 0.6 is 0 Å². The summed E-state index contributed by atoms with van der Waals surface area (Å²) < 4.78 is 15.5. The minimum atomic E-state index is -0.345. The molecule has 28 heavy (non-hydrogen) atoms. The first-order valence-electron chi connectivity index (χ1n) is 8.48. The van der Waals surface area contributed by atoms with Crippen LogP contribution in [-0.4, -0.2) is 38.0 Å². The molecule has 2 aromatic carbocycles. The fourth-order valence-electron chi connectivity index (χ4n) is 2.52. The van der Waals surface area contributed by atoms with Gasteiger partial charge >= 0.3 is 0 Å². The van der Waals surface area contributed by atoms with Gasteiger partial charge in [0.15, 0.2) is 34.6 Å². The Labute approximate surface area is 163 Å². The largest absolute Gasteiger partial charge is 0.504 e. The molecule has 1 N–H and O–H groups in total. The van der Waals surface area contributed by atoms with Crippen molar-refractivity contribution in [3.63, 3.8) is 0 Å². The van der Waals surface area contributed by atoms with Crippen LogP contribution in [0, 0.1) is 0 Å². The summed E-state index contributed by atoms with van der Waals surface area (Å²) in [6.45, 7) is 0. The van der Waals surface area contributed by atoms with Crippen molar-refractivity contribution in [2.24, 2.45) is 0 Å². The van der Waals surface area contributed by atoms with Crippen LogP contribution in [0.15, 0.2) is 48.6 Å². The molecule has 6 heteroatoms. The van der Waals surface area contributed by atoms with Crippen LogP contribution in [-0.2, 0) is 9.59 Å². The summed E-state index contributed by atoms with van der Waals surface area (Å²) >= 11 is 0. The zero-order valence-electron chi connectivity index (χ0n) is 16.0. The Morgan fingerprint density at radius 1 is 0.893 bits per heavy atom. The second-order valence-corrected chi connectivity index (χ2v) is 5.79. The molecule has 0 unspecified atom stereocenters. The number of phenols is 1. The van der Waals surface area contributed by atoms with Crippen molar-refractivity contribution < 1.29 is 28.9 Å². The molecule has 2 aromatic rings. The van der Waals surface area contributed by atoms with E-state index in [0.717, 1.165) is 0 Å². The Bertz CT molecular complexity index is 911. The van der Waals surface area contributed by atoms with Gasteiger partial charge in [-0.15, -0.1) is 0 Å². The molecule has 0 saturated heterocycles. The molecular formula is C22H22O6. The molecule has 0 saturated carbocycles. The quantitative estimate of drug-likeness (QED) is 0.526. The van der Waals surface area contributed by atoms with Gasteiger partial charge in [0.2, 0.25) is 0 Å².